The second kappa shape index (κ2) is 6.01. The van der Waals surface area contributed by atoms with Crippen molar-refractivity contribution in [2.24, 2.45) is 5.73 Å². The molecule has 1 unspecified atom stereocenters. The maximum atomic E-state index is 13.9. The van der Waals surface area contributed by atoms with E-state index >= 15 is 0 Å². The Morgan fingerprint density at radius 1 is 1.50 bits per heavy atom. The van der Waals surface area contributed by atoms with Crippen LogP contribution in [0.4, 0.5) is 4.39 Å². The lowest BCUT2D eigenvalue weighted by molar-refractivity contribution is 0.423. The van der Waals surface area contributed by atoms with Gasteiger partial charge in [-0.15, -0.1) is 0 Å². The first-order chi connectivity index (χ1) is 9.36. The summed E-state index contributed by atoms with van der Waals surface area (Å²) in [5.74, 6) is 0.240. The monoisotopic (exact) mass is 318 g/mol. The molecule has 1 aromatic carbocycles. The summed E-state index contributed by atoms with van der Waals surface area (Å²) in [7, 11) is -3.66. The third-order valence-electron chi connectivity index (χ3n) is 3.41. The molecule has 0 aromatic heterocycles. The van der Waals surface area contributed by atoms with Crippen LogP contribution in [0.1, 0.15) is 18.1 Å². The van der Waals surface area contributed by atoms with Crippen molar-refractivity contribution in [1.82, 2.24) is 4.31 Å². The van der Waals surface area contributed by atoms with Gasteiger partial charge in [-0.05, 0) is 24.6 Å². The second-order valence-electron chi connectivity index (χ2n) is 4.95. The summed E-state index contributed by atoms with van der Waals surface area (Å²) < 4.78 is 40.7. The predicted molar refractivity (Wildman–Crippen MR) is 79.7 cm³/mol. The summed E-state index contributed by atoms with van der Waals surface area (Å²) in [6.45, 7) is 4.53. The SMILES string of the molecule is Cc1c(F)cc(CN)cc1S(=O)(=O)N1CCSC(C)C1. The number of rotatable bonds is 3. The van der Waals surface area contributed by atoms with Crippen LogP contribution >= 0.6 is 11.8 Å². The second-order valence-corrected chi connectivity index (χ2v) is 8.40. The molecule has 1 atom stereocenters. The Hall–Kier alpha value is -0.630. The van der Waals surface area contributed by atoms with Gasteiger partial charge in [-0.1, -0.05) is 6.92 Å². The molecule has 1 aliphatic heterocycles. The minimum Gasteiger partial charge on any atom is -0.326 e. The zero-order valence-corrected chi connectivity index (χ0v) is 13.2. The van der Waals surface area contributed by atoms with E-state index in [9.17, 15) is 12.8 Å². The number of benzene rings is 1. The third-order valence-corrected chi connectivity index (χ3v) is 6.54. The molecular formula is C13H19FN2O2S2. The molecule has 1 fully saturated rings. The standard InChI is InChI=1S/C13H19FN2O2S2/c1-9-8-16(3-4-19-9)20(17,18)13-6-11(7-15)5-12(14)10(13)2/h5-6,9H,3-4,7-8,15H2,1-2H3. The summed E-state index contributed by atoms with van der Waals surface area (Å²) >= 11 is 1.75. The smallest absolute Gasteiger partial charge is 0.243 e. The molecule has 1 aromatic rings. The Bertz CT molecular complexity index is 605. The molecule has 1 saturated heterocycles. The molecule has 1 heterocycles. The number of sulfonamides is 1. The maximum Gasteiger partial charge on any atom is 0.243 e. The van der Waals surface area contributed by atoms with E-state index in [2.05, 4.69) is 0 Å². The molecule has 0 bridgehead atoms. The average Bonchev–Trinajstić information content (AvgIpc) is 2.41. The van der Waals surface area contributed by atoms with Crippen molar-refractivity contribution >= 4 is 21.8 Å². The van der Waals surface area contributed by atoms with Crippen LogP contribution in [0.2, 0.25) is 0 Å². The minimum absolute atomic E-state index is 0.0389. The predicted octanol–water partition coefficient (Wildman–Crippen LogP) is 1.72. The summed E-state index contributed by atoms with van der Waals surface area (Å²) in [6, 6.07) is 2.78. The normalized spacial score (nSPS) is 21.1. The highest BCUT2D eigenvalue weighted by Crippen LogP contribution is 2.27. The average molecular weight is 318 g/mol. The number of nitrogens with two attached hydrogens (primary N) is 1. The van der Waals surface area contributed by atoms with Gasteiger partial charge >= 0.3 is 0 Å². The van der Waals surface area contributed by atoms with Gasteiger partial charge in [0.1, 0.15) is 5.82 Å². The van der Waals surface area contributed by atoms with Crippen molar-refractivity contribution in [1.29, 1.82) is 0 Å². The number of halogens is 1. The van der Waals surface area contributed by atoms with E-state index in [0.717, 1.165) is 5.75 Å². The van der Waals surface area contributed by atoms with Crippen LogP contribution in [0.15, 0.2) is 17.0 Å². The van der Waals surface area contributed by atoms with Gasteiger partial charge < -0.3 is 5.73 Å². The topological polar surface area (TPSA) is 63.4 Å². The van der Waals surface area contributed by atoms with Crippen molar-refractivity contribution in [3.63, 3.8) is 0 Å². The Labute approximate surface area is 123 Å². The van der Waals surface area contributed by atoms with Crippen molar-refractivity contribution in [3.8, 4) is 0 Å². The molecule has 0 spiro atoms. The fourth-order valence-corrected chi connectivity index (χ4v) is 5.27. The molecule has 0 radical (unpaired) electrons. The fourth-order valence-electron chi connectivity index (χ4n) is 2.24. The van der Waals surface area contributed by atoms with Crippen molar-refractivity contribution in [2.75, 3.05) is 18.8 Å². The number of hydrogen-bond donors (Lipinski definition) is 1. The molecule has 2 rings (SSSR count). The van der Waals surface area contributed by atoms with Gasteiger partial charge in [-0.2, -0.15) is 16.1 Å². The van der Waals surface area contributed by atoms with E-state index < -0.39 is 15.8 Å². The number of thioether (sulfide) groups is 1. The lowest BCUT2D eigenvalue weighted by Crippen LogP contribution is -2.41. The molecule has 112 valence electrons. The van der Waals surface area contributed by atoms with E-state index in [1.165, 1.54) is 23.4 Å². The molecule has 4 nitrogen and oxygen atoms in total. The van der Waals surface area contributed by atoms with Crippen LogP contribution in [0.3, 0.4) is 0 Å². The number of hydrogen-bond acceptors (Lipinski definition) is 4. The maximum absolute atomic E-state index is 13.9. The zero-order valence-electron chi connectivity index (χ0n) is 11.6. The highest BCUT2D eigenvalue weighted by molar-refractivity contribution is 8.00. The van der Waals surface area contributed by atoms with Crippen LogP contribution in [-0.2, 0) is 16.6 Å². The van der Waals surface area contributed by atoms with Crippen molar-refractivity contribution in [3.05, 3.63) is 29.1 Å². The van der Waals surface area contributed by atoms with Gasteiger partial charge in [-0.25, -0.2) is 12.8 Å². The number of nitrogens with zero attached hydrogens (tertiary/aromatic N) is 1. The van der Waals surface area contributed by atoms with Crippen molar-refractivity contribution in [2.45, 2.75) is 30.5 Å². The Kier molecular flexibility index (Phi) is 4.73. The first-order valence-electron chi connectivity index (χ1n) is 6.47. The van der Waals surface area contributed by atoms with Crippen molar-refractivity contribution < 1.29 is 12.8 Å². The first-order valence-corrected chi connectivity index (χ1v) is 8.96. The van der Waals surface area contributed by atoms with E-state index in [1.807, 2.05) is 6.92 Å². The van der Waals surface area contributed by atoms with E-state index in [0.29, 0.717) is 18.7 Å². The summed E-state index contributed by atoms with van der Waals surface area (Å²) in [6.07, 6.45) is 0. The zero-order chi connectivity index (χ0) is 14.9. The Morgan fingerprint density at radius 2 is 2.20 bits per heavy atom. The Balaban J connectivity index is 2.46. The molecule has 20 heavy (non-hydrogen) atoms. The first kappa shape index (κ1) is 15.8. The van der Waals surface area contributed by atoms with Gasteiger partial charge in [0.25, 0.3) is 0 Å². The molecule has 2 N–H and O–H groups in total. The van der Waals surface area contributed by atoms with E-state index in [1.54, 1.807) is 11.8 Å². The lowest BCUT2D eigenvalue weighted by Gasteiger charge is -2.30. The molecule has 1 aliphatic rings. The van der Waals surface area contributed by atoms with Gasteiger partial charge in [0.15, 0.2) is 0 Å². The van der Waals surface area contributed by atoms with Gasteiger partial charge in [0.2, 0.25) is 10.0 Å². The summed E-state index contributed by atoms with van der Waals surface area (Å²) in [4.78, 5) is 0.0389. The Morgan fingerprint density at radius 3 is 2.80 bits per heavy atom. The van der Waals surface area contributed by atoms with Gasteiger partial charge in [-0.3, -0.25) is 0 Å². The largest absolute Gasteiger partial charge is 0.326 e. The summed E-state index contributed by atoms with van der Waals surface area (Å²) in [5, 5.41) is 0.251. The molecular weight excluding hydrogens is 299 g/mol. The van der Waals surface area contributed by atoms with Crippen LogP contribution in [0.5, 0.6) is 0 Å². The minimum atomic E-state index is -3.66. The summed E-state index contributed by atoms with van der Waals surface area (Å²) in [5.41, 5.74) is 6.16. The molecule has 7 heteroatoms. The highest BCUT2D eigenvalue weighted by Gasteiger charge is 2.31. The van der Waals surface area contributed by atoms with Gasteiger partial charge in [0, 0.05) is 36.2 Å². The highest BCUT2D eigenvalue weighted by atomic mass is 32.2. The molecule has 0 saturated carbocycles. The van der Waals surface area contributed by atoms with Gasteiger partial charge in [0.05, 0.1) is 4.90 Å². The quantitative estimate of drug-likeness (QED) is 0.922. The van der Waals surface area contributed by atoms with E-state index in [-0.39, 0.29) is 22.3 Å². The lowest BCUT2D eigenvalue weighted by atomic mass is 10.1. The van der Waals surface area contributed by atoms with Crippen LogP contribution in [0, 0.1) is 12.7 Å². The van der Waals surface area contributed by atoms with E-state index in [4.69, 9.17) is 5.73 Å². The van der Waals surface area contributed by atoms with Crippen LogP contribution < -0.4 is 5.73 Å². The van der Waals surface area contributed by atoms with Crippen LogP contribution in [-0.4, -0.2) is 36.8 Å². The third kappa shape index (κ3) is 3.00. The fraction of sp³-hybridized carbons (Fsp3) is 0.538. The molecule has 0 amide bonds. The molecule has 0 aliphatic carbocycles. The van der Waals surface area contributed by atoms with Crippen LogP contribution in [0.25, 0.3) is 0 Å².